The molecule has 126 valence electrons. The standard InChI is InChI=1S/C19H16FN3O2/c20-17-8-6-16(7-9-17)19(24)25-22-18(15-4-2-1-3-5-15)10-12-23-13-11-21-14-23/h1-9,11,13-14H,10,12H2/b22-18+. The number of rotatable bonds is 6. The summed E-state index contributed by atoms with van der Waals surface area (Å²) < 4.78 is 14.9. The van der Waals surface area contributed by atoms with Crippen LogP contribution in [-0.4, -0.2) is 21.2 Å². The average Bonchev–Trinajstić information content (AvgIpc) is 3.16. The van der Waals surface area contributed by atoms with Crippen molar-refractivity contribution in [1.82, 2.24) is 9.55 Å². The summed E-state index contributed by atoms with van der Waals surface area (Å²) in [7, 11) is 0. The molecule has 0 saturated heterocycles. The number of hydrogen-bond donors (Lipinski definition) is 0. The Balaban J connectivity index is 1.74. The molecule has 0 unspecified atom stereocenters. The quantitative estimate of drug-likeness (QED) is 0.392. The Labute approximate surface area is 144 Å². The minimum atomic E-state index is -0.629. The largest absolute Gasteiger partial charge is 0.365 e. The van der Waals surface area contributed by atoms with Crippen molar-refractivity contribution in [3.05, 3.63) is 90.3 Å². The van der Waals surface area contributed by atoms with Crippen LogP contribution < -0.4 is 0 Å². The zero-order chi connectivity index (χ0) is 17.5. The average molecular weight is 337 g/mol. The van der Waals surface area contributed by atoms with Crippen LogP contribution in [0.2, 0.25) is 0 Å². The fourth-order valence-corrected chi connectivity index (χ4v) is 2.26. The maximum atomic E-state index is 12.9. The number of carbonyl (C=O) groups excluding carboxylic acids is 1. The zero-order valence-corrected chi connectivity index (χ0v) is 13.4. The van der Waals surface area contributed by atoms with Gasteiger partial charge in [0.15, 0.2) is 0 Å². The van der Waals surface area contributed by atoms with E-state index in [4.69, 9.17) is 4.84 Å². The molecule has 5 nitrogen and oxygen atoms in total. The van der Waals surface area contributed by atoms with Crippen molar-refractivity contribution in [3.63, 3.8) is 0 Å². The Morgan fingerprint density at radius 3 is 2.52 bits per heavy atom. The van der Waals surface area contributed by atoms with E-state index in [1.807, 2.05) is 41.1 Å². The number of hydrogen-bond acceptors (Lipinski definition) is 4. The van der Waals surface area contributed by atoms with Crippen LogP contribution in [0.4, 0.5) is 4.39 Å². The number of halogens is 1. The summed E-state index contributed by atoms with van der Waals surface area (Å²) in [6.07, 6.45) is 5.84. The lowest BCUT2D eigenvalue weighted by molar-refractivity contribution is 0.0515. The normalized spacial score (nSPS) is 11.3. The third-order valence-electron chi connectivity index (χ3n) is 3.59. The molecular weight excluding hydrogens is 321 g/mol. The molecule has 6 heteroatoms. The second-order valence-electron chi connectivity index (χ2n) is 5.34. The highest BCUT2D eigenvalue weighted by molar-refractivity contribution is 6.01. The third-order valence-corrected chi connectivity index (χ3v) is 3.59. The van der Waals surface area contributed by atoms with Crippen molar-refractivity contribution in [2.45, 2.75) is 13.0 Å². The van der Waals surface area contributed by atoms with Crippen molar-refractivity contribution in [1.29, 1.82) is 0 Å². The zero-order valence-electron chi connectivity index (χ0n) is 13.4. The van der Waals surface area contributed by atoms with Crippen LogP contribution >= 0.6 is 0 Å². The van der Waals surface area contributed by atoms with Gasteiger partial charge in [0.25, 0.3) is 0 Å². The number of aryl methyl sites for hydroxylation is 1. The third kappa shape index (κ3) is 4.60. The Morgan fingerprint density at radius 2 is 1.84 bits per heavy atom. The van der Waals surface area contributed by atoms with Gasteiger partial charge in [-0.3, -0.25) is 0 Å². The molecular formula is C19H16FN3O2. The molecule has 0 spiro atoms. The molecule has 1 aromatic heterocycles. The lowest BCUT2D eigenvalue weighted by atomic mass is 10.1. The molecule has 1 heterocycles. The molecule has 0 radical (unpaired) electrons. The van der Waals surface area contributed by atoms with Gasteiger partial charge in [-0.15, -0.1) is 0 Å². The van der Waals surface area contributed by atoms with Crippen molar-refractivity contribution < 1.29 is 14.0 Å². The first-order valence-corrected chi connectivity index (χ1v) is 7.77. The van der Waals surface area contributed by atoms with Gasteiger partial charge in [-0.2, -0.15) is 0 Å². The monoisotopic (exact) mass is 337 g/mol. The van der Waals surface area contributed by atoms with Crippen LogP contribution in [0, 0.1) is 5.82 Å². The summed E-state index contributed by atoms with van der Waals surface area (Å²) in [6, 6.07) is 14.6. The maximum Gasteiger partial charge on any atom is 0.365 e. The van der Waals surface area contributed by atoms with Crippen LogP contribution in [0.3, 0.4) is 0 Å². The van der Waals surface area contributed by atoms with E-state index in [1.165, 1.54) is 24.3 Å². The molecule has 3 aromatic rings. The number of oxime groups is 1. The molecule has 0 aliphatic heterocycles. The summed E-state index contributed by atoms with van der Waals surface area (Å²) in [5.74, 6) is -1.04. The fraction of sp³-hybridized carbons (Fsp3) is 0.105. The van der Waals surface area contributed by atoms with Gasteiger partial charge < -0.3 is 9.40 Å². The van der Waals surface area contributed by atoms with Crippen LogP contribution in [-0.2, 0) is 11.4 Å². The molecule has 3 rings (SSSR count). The number of imidazole rings is 1. The highest BCUT2D eigenvalue weighted by Gasteiger charge is 2.10. The summed E-state index contributed by atoms with van der Waals surface area (Å²) in [6.45, 7) is 0.655. The molecule has 25 heavy (non-hydrogen) atoms. The fourth-order valence-electron chi connectivity index (χ4n) is 2.26. The van der Waals surface area contributed by atoms with E-state index >= 15 is 0 Å². The summed E-state index contributed by atoms with van der Waals surface area (Å²) >= 11 is 0. The van der Waals surface area contributed by atoms with Gasteiger partial charge in [-0.25, -0.2) is 14.2 Å². The molecule has 0 fully saturated rings. The van der Waals surface area contributed by atoms with E-state index in [0.717, 1.165) is 5.56 Å². The Bertz CT molecular complexity index is 844. The van der Waals surface area contributed by atoms with Crippen LogP contribution in [0.5, 0.6) is 0 Å². The van der Waals surface area contributed by atoms with Crippen molar-refractivity contribution in [2.75, 3.05) is 0 Å². The van der Waals surface area contributed by atoms with Crippen molar-refractivity contribution >= 4 is 11.7 Å². The molecule has 0 N–H and O–H groups in total. The minimum Gasteiger partial charge on any atom is -0.337 e. The van der Waals surface area contributed by atoms with Crippen LogP contribution in [0.25, 0.3) is 0 Å². The molecule has 0 saturated carbocycles. The van der Waals surface area contributed by atoms with Gasteiger partial charge in [0, 0.05) is 25.4 Å². The number of nitrogens with zero attached hydrogens (tertiary/aromatic N) is 3. The first kappa shape index (κ1) is 16.6. The number of aromatic nitrogens is 2. The SMILES string of the molecule is O=C(O/N=C(\CCn1ccnc1)c1ccccc1)c1ccc(F)cc1. The first-order valence-electron chi connectivity index (χ1n) is 7.77. The molecule has 0 amide bonds. The highest BCUT2D eigenvalue weighted by atomic mass is 19.1. The van der Waals surface area contributed by atoms with E-state index in [-0.39, 0.29) is 5.56 Å². The van der Waals surface area contributed by atoms with Crippen molar-refractivity contribution in [2.24, 2.45) is 5.16 Å². The molecule has 2 aromatic carbocycles. The second-order valence-corrected chi connectivity index (χ2v) is 5.34. The smallest absolute Gasteiger partial charge is 0.337 e. The summed E-state index contributed by atoms with van der Waals surface area (Å²) in [5, 5.41) is 4.03. The molecule has 0 bridgehead atoms. The molecule has 0 aliphatic carbocycles. The Morgan fingerprint density at radius 1 is 1.08 bits per heavy atom. The predicted molar refractivity (Wildman–Crippen MR) is 91.6 cm³/mol. The van der Waals surface area contributed by atoms with Gasteiger partial charge in [-0.1, -0.05) is 35.5 Å². The van der Waals surface area contributed by atoms with Crippen molar-refractivity contribution in [3.8, 4) is 0 Å². The topological polar surface area (TPSA) is 56.5 Å². The number of benzene rings is 2. The van der Waals surface area contributed by atoms with Gasteiger partial charge in [0.1, 0.15) is 5.82 Å². The lowest BCUT2D eigenvalue weighted by Gasteiger charge is -2.07. The van der Waals surface area contributed by atoms with E-state index < -0.39 is 11.8 Å². The minimum absolute atomic E-state index is 0.243. The van der Waals surface area contributed by atoms with Crippen LogP contribution in [0.15, 0.2) is 78.5 Å². The molecule has 0 atom stereocenters. The van der Waals surface area contributed by atoms with Gasteiger partial charge in [0.05, 0.1) is 17.6 Å². The van der Waals surface area contributed by atoms with Gasteiger partial charge >= 0.3 is 5.97 Å². The second kappa shape index (κ2) is 8.01. The van der Waals surface area contributed by atoms with Gasteiger partial charge in [0.2, 0.25) is 0 Å². The summed E-state index contributed by atoms with van der Waals surface area (Å²) in [5.41, 5.74) is 1.76. The van der Waals surface area contributed by atoms with Crippen LogP contribution in [0.1, 0.15) is 22.3 Å². The van der Waals surface area contributed by atoms with E-state index in [9.17, 15) is 9.18 Å². The highest BCUT2D eigenvalue weighted by Crippen LogP contribution is 2.09. The number of carbonyl (C=O) groups is 1. The Kier molecular flexibility index (Phi) is 5.31. The van der Waals surface area contributed by atoms with E-state index in [0.29, 0.717) is 18.7 Å². The van der Waals surface area contributed by atoms with Gasteiger partial charge in [-0.05, 0) is 29.8 Å². The first-order chi connectivity index (χ1) is 12.2. The van der Waals surface area contributed by atoms with E-state index in [1.54, 1.807) is 12.5 Å². The predicted octanol–water partition coefficient (Wildman–Crippen LogP) is 3.67. The Hall–Kier alpha value is -3.28. The molecule has 0 aliphatic rings. The van der Waals surface area contributed by atoms with E-state index in [2.05, 4.69) is 10.1 Å². The lowest BCUT2D eigenvalue weighted by Crippen LogP contribution is -2.09. The maximum absolute atomic E-state index is 12.9. The summed E-state index contributed by atoms with van der Waals surface area (Å²) in [4.78, 5) is 21.1.